The maximum absolute atomic E-state index is 12.4. The highest BCUT2D eigenvalue weighted by atomic mass is 35.5. The molecule has 3 aromatic rings. The summed E-state index contributed by atoms with van der Waals surface area (Å²) in [6.07, 6.45) is 2.17. The predicted octanol–water partition coefficient (Wildman–Crippen LogP) is 4.59. The second-order valence-electron chi connectivity index (χ2n) is 7.64. The molecule has 6 nitrogen and oxygen atoms in total. The summed E-state index contributed by atoms with van der Waals surface area (Å²) in [6, 6.07) is 13.8. The molecule has 0 unspecified atom stereocenters. The highest BCUT2D eigenvalue weighted by molar-refractivity contribution is 7.99. The van der Waals surface area contributed by atoms with E-state index < -0.39 is 0 Å². The number of halogens is 1. The molecule has 1 aliphatic rings. The molecule has 0 aliphatic carbocycles. The van der Waals surface area contributed by atoms with Crippen LogP contribution in [-0.4, -0.2) is 45.7 Å². The van der Waals surface area contributed by atoms with E-state index in [0.717, 1.165) is 41.8 Å². The Bertz CT molecular complexity index is 1080. The Labute approximate surface area is 191 Å². The second-order valence-corrected chi connectivity index (χ2v) is 8.99. The molecular formula is C23H25ClN4O2S. The zero-order valence-corrected chi connectivity index (χ0v) is 19.2. The van der Waals surface area contributed by atoms with Crippen LogP contribution in [0.5, 0.6) is 0 Å². The normalized spacial score (nSPS) is 15.9. The highest BCUT2D eigenvalue weighted by Gasteiger charge is 2.21. The number of rotatable bonds is 7. The van der Waals surface area contributed by atoms with Crippen LogP contribution in [0.2, 0.25) is 5.02 Å². The van der Waals surface area contributed by atoms with E-state index in [1.807, 2.05) is 42.7 Å². The van der Waals surface area contributed by atoms with Gasteiger partial charge in [0.1, 0.15) is 0 Å². The smallest absolute Gasteiger partial charge is 0.230 e. The third kappa shape index (κ3) is 5.11. The van der Waals surface area contributed by atoms with Crippen molar-refractivity contribution in [3.05, 3.63) is 58.6 Å². The van der Waals surface area contributed by atoms with Gasteiger partial charge in [0.2, 0.25) is 5.91 Å². The van der Waals surface area contributed by atoms with Crippen LogP contribution in [0.25, 0.3) is 17.1 Å². The minimum atomic E-state index is -0.0460. The zero-order valence-electron chi connectivity index (χ0n) is 17.6. The first kappa shape index (κ1) is 21.9. The van der Waals surface area contributed by atoms with E-state index in [4.69, 9.17) is 16.3 Å². The highest BCUT2D eigenvalue weighted by Crippen LogP contribution is 2.33. The maximum Gasteiger partial charge on any atom is 0.230 e. The Kier molecular flexibility index (Phi) is 6.95. The van der Waals surface area contributed by atoms with Gasteiger partial charge in [-0.1, -0.05) is 47.6 Å². The molecular weight excluding hydrogens is 432 g/mol. The van der Waals surface area contributed by atoms with Crippen LogP contribution >= 0.6 is 23.4 Å². The van der Waals surface area contributed by atoms with Crippen molar-refractivity contribution in [3.63, 3.8) is 0 Å². The van der Waals surface area contributed by atoms with Crippen molar-refractivity contribution in [2.45, 2.75) is 37.9 Å². The monoisotopic (exact) mass is 456 g/mol. The lowest BCUT2D eigenvalue weighted by Crippen LogP contribution is -2.32. The second kappa shape index (κ2) is 9.85. The van der Waals surface area contributed by atoms with E-state index in [0.29, 0.717) is 22.5 Å². The van der Waals surface area contributed by atoms with Crippen LogP contribution in [0.15, 0.2) is 47.6 Å². The summed E-state index contributed by atoms with van der Waals surface area (Å²) in [5.74, 6) is 0.856. The molecule has 0 saturated carbocycles. The minimum Gasteiger partial charge on any atom is -0.376 e. The molecule has 0 radical (unpaired) electrons. The van der Waals surface area contributed by atoms with E-state index in [9.17, 15) is 4.79 Å². The lowest BCUT2D eigenvalue weighted by Gasteiger charge is -2.14. The molecule has 1 aromatic heterocycles. The number of thioether (sulfide) groups is 1. The van der Waals surface area contributed by atoms with Crippen molar-refractivity contribution in [2.24, 2.45) is 0 Å². The molecule has 4 rings (SSSR count). The van der Waals surface area contributed by atoms with Gasteiger partial charge in [-0.15, -0.1) is 10.2 Å². The SMILES string of the molecule is Cc1ccc(C)c(-n2c(SCC(=O)NC[C@H]3CCCO3)nnc2-c2ccccc2Cl)c1. The van der Waals surface area contributed by atoms with Crippen LogP contribution in [0.1, 0.15) is 24.0 Å². The maximum atomic E-state index is 12.4. The summed E-state index contributed by atoms with van der Waals surface area (Å²) >= 11 is 7.83. The van der Waals surface area contributed by atoms with E-state index in [-0.39, 0.29) is 17.8 Å². The predicted molar refractivity (Wildman–Crippen MR) is 124 cm³/mol. The third-order valence-electron chi connectivity index (χ3n) is 5.24. The summed E-state index contributed by atoms with van der Waals surface area (Å²) in [5.41, 5.74) is 3.99. The van der Waals surface area contributed by atoms with Crippen LogP contribution in [0.4, 0.5) is 0 Å². The number of aryl methyl sites for hydroxylation is 2. The fraction of sp³-hybridized carbons (Fsp3) is 0.348. The fourth-order valence-corrected chi connectivity index (χ4v) is 4.57. The number of benzene rings is 2. The standard InChI is InChI=1S/C23H25ClN4O2S/c1-15-9-10-16(2)20(12-15)28-22(18-7-3-4-8-19(18)24)26-27-23(28)31-14-21(29)25-13-17-6-5-11-30-17/h3-4,7-10,12,17H,5-6,11,13-14H2,1-2H3,(H,25,29)/t17-/m1/s1. The van der Waals surface area contributed by atoms with Crippen molar-refractivity contribution in [3.8, 4) is 17.1 Å². The van der Waals surface area contributed by atoms with Gasteiger partial charge in [-0.05, 0) is 56.0 Å². The molecule has 1 fully saturated rings. The summed E-state index contributed by atoms with van der Waals surface area (Å²) < 4.78 is 7.56. The summed E-state index contributed by atoms with van der Waals surface area (Å²) in [7, 11) is 0. The number of ether oxygens (including phenoxy) is 1. The number of nitrogens with one attached hydrogen (secondary N) is 1. The van der Waals surface area contributed by atoms with Gasteiger partial charge >= 0.3 is 0 Å². The fourth-order valence-electron chi connectivity index (χ4n) is 3.57. The number of carbonyl (C=O) groups excluding carboxylic acids is 1. The topological polar surface area (TPSA) is 69.0 Å². The third-order valence-corrected chi connectivity index (χ3v) is 6.50. The van der Waals surface area contributed by atoms with Crippen LogP contribution in [0, 0.1) is 13.8 Å². The van der Waals surface area contributed by atoms with E-state index >= 15 is 0 Å². The van der Waals surface area contributed by atoms with Crippen LogP contribution < -0.4 is 5.32 Å². The average molecular weight is 457 g/mol. The number of hydrogen-bond acceptors (Lipinski definition) is 5. The van der Waals surface area contributed by atoms with Crippen molar-refractivity contribution in [1.82, 2.24) is 20.1 Å². The van der Waals surface area contributed by atoms with Crippen molar-refractivity contribution in [1.29, 1.82) is 0 Å². The summed E-state index contributed by atoms with van der Waals surface area (Å²) in [4.78, 5) is 12.4. The Morgan fingerprint density at radius 2 is 2.10 bits per heavy atom. The lowest BCUT2D eigenvalue weighted by atomic mass is 10.1. The summed E-state index contributed by atoms with van der Waals surface area (Å²) in [6.45, 7) is 5.43. The Hall–Kier alpha value is -2.35. The van der Waals surface area contributed by atoms with Gasteiger partial charge in [-0.25, -0.2) is 0 Å². The molecule has 162 valence electrons. The Morgan fingerprint density at radius 3 is 2.87 bits per heavy atom. The van der Waals surface area contributed by atoms with Crippen molar-refractivity contribution < 1.29 is 9.53 Å². The minimum absolute atomic E-state index is 0.0460. The molecule has 1 N–H and O–H groups in total. The number of aromatic nitrogens is 3. The van der Waals surface area contributed by atoms with E-state index in [1.54, 1.807) is 0 Å². The number of amides is 1. The van der Waals surface area contributed by atoms with Gasteiger partial charge < -0.3 is 10.1 Å². The van der Waals surface area contributed by atoms with Gasteiger partial charge in [0.05, 0.1) is 22.6 Å². The van der Waals surface area contributed by atoms with Gasteiger partial charge in [-0.2, -0.15) is 0 Å². The largest absolute Gasteiger partial charge is 0.376 e. The van der Waals surface area contributed by atoms with Gasteiger partial charge in [0, 0.05) is 18.7 Å². The van der Waals surface area contributed by atoms with Gasteiger partial charge in [-0.3, -0.25) is 9.36 Å². The average Bonchev–Trinajstić information content (AvgIpc) is 3.43. The van der Waals surface area contributed by atoms with E-state index in [2.05, 4.69) is 33.7 Å². The van der Waals surface area contributed by atoms with Crippen LogP contribution in [0.3, 0.4) is 0 Å². The van der Waals surface area contributed by atoms with E-state index in [1.165, 1.54) is 11.8 Å². The molecule has 31 heavy (non-hydrogen) atoms. The van der Waals surface area contributed by atoms with Gasteiger partial charge in [0.25, 0.3) is 0 Å². The number of carbonyl (C=O) groups is 1. The van der Waals surface area contributed by atoms with Crippen molar-refractivity contribution in [2.75, 3.05) is 18.9 Å². The number of hydrogen-bond donors (Lipinski definition) is 1. The first-order chi connectivity index (χ1) is 15.0. The molecule has 2 aromatic carbocycles. The van der Waals surface area contributed by atoms with Gasteiger partial charge in [0.15, 0.2) is 11.0 Å². The first-order valence-electron chi connectivity index (χ1n) is 10.3. The summed E-state index contributed by atoms with van der Waals surface area (Å²) in [5, 5.41) is 13.1. The quantitative estimate of drug-likeness (QED) is 0.526. The molecule has 8 heteroatoms. The Balaban J connectivity index is 1.61. The molecule has 0 bridgehead atoms. The first-order valence-corrected chi connectivity index (χ1v) is 11.7. The zero-order chi connectivity index (χ0) is 21.8. The molecule has 2 heterocycles. The molecule has 1 atom stereocenters. The molecule has 1 aliphatic heterocycles. The molecule has 0 spiro atoms. The molecule has 1 amide bonds. The lowest BCUT2D eigenvalue weighted by molar-refractivity contribution is -0.119. The van der Waals surface area contributed by atoms with Crippen molar-refractivity contribution >= 4 is 29.3 Å². The van der Waals surface area contributed by atoms with Crippen LogP contribution in [-0.2, 0) is 9.53 Å². The Morgan fingerprint density at radius 1 is 1.26 bits per heavy atom. The molecule has 1 saturated heterocycles. The number of nitrogens with zero attached hydrogens (tertiary/aromatic N) is 3.